The third kappa shape index (κ3) is 4.89. The molecule has 2 amide bonds. The molecule has 2 fully saturated rings. The number of amides is 2. The minimum Gasteiger partial charge on any atom is -0.357 e. The van der Waals surface area contributed by atoms with Crippen LogP contribution in [0.5, 0.6) is 0 Å². The molecule has 1 aliphatic heterocycles. The summed E-state index contributed by atoms with van der Waals surface area (Å²) in [4.78, 5) is 21.3. The first-order valence-electron chi connectivity index (χ1n) is 10.2. The molecule has 26 heavy (non-hydrogen) atoms. The van der Waals surface area contributed by atoms with E-state index in [2.05, 4.69) is 41.2 Å². The monoisotopic (exact) mass is 358 g/mol. The molecule has 1 aliphatic carbocycles. The number of nitrogens with one attached hydrogen (secondary N) is 1. The quantitative estimate of drug-likeness (QED) is 0.884. The number of nitrogens with zero attached hydrogens (tertiary/aromatic N) is 3. The molecule has 1 aromatic rings. The summed E-state index contributed by atoms with van der Waals surface area (Å²) in [5.41, 5.74) is 1.05. The molecule has 5 heteroatoms. The van der Waals surface area contributed by atoms with E-state index in [-0.39, 0.29) is 6.03 Å². The topological polar surface area (TPSA) is 48.5 Å². The number of pyridine rings is 1. The molecule has 0 spiro atoms. The molecule has 1 aromatic heterocycles. The van der Waals surface area contributed by atoms with Gasteiger partial charge in [0.15, 0.2) is 0 Å². The van der Waals surface area contributed by atoms with Crippen LogP contribution >= 0.6 is 0 Å². The molecular weight excluding hydrogens is 324 g/mol. The smallest absolute Gasteiger partial charge is 0.317 e. The van der Waals surface area contributed by atoms with Gasteiger partial charge in [-0.1, -0.05) is 32.8 Å². The zero-order valence-corrected chi connectivity index (χ0v) is 16.6. The third-order valence-electron chi connectivity index (χ3n) is 6.14. The van der Waals surface area contributed by atoms with Gasteiger partial charge in [0.2, 0.25) is 0 Å². The van der Waals surface area contributed by atoms with Crippen LogP contribution in [-0.2, 0) is 6.54 Å². The van der Waals surface area contributed by atoms with Crippen molar-refractivity contribution in [2.45, 2.75) is 65.0 Å². The lowest BCUT2D eigenvalue weighted by molar-refractivity contribution is 0.160. The van der Waals surface area contributed by atoms with Crippen molar-refractivity contribution in [3.8, 4) is 0 Å². The van der Waals surface area contributed by atoms with Crippen LogP contribution in [0.1, 0.15) is 57.9 Å². The largest absolute Gasteiger partial charge is 0.357 e. The van der Waals surface area contributed by atoms with Crippen molar-refractivity contribution in [1.82, 2.24) is 15.2 Å². The van der Waals surface area contributed by atoms with Crippen LogP contribution in [0.15, 0.2) is 18.3 Å². The standard InChI is InChI=1S/C21H34N4O/c1-16-9-11-25(12-10-16)20-8-7-18(14-22-20)15-23-21(26)24(3)19-6-4-5-17(2)13-19/h7-8,14,16-17,19H,4-6,9-13,15H2,1-3H3,(H,23,26). The minimum atomic E-state index is 0.0261. The number of carbonyl (C=O) groups is 1. The van der Waals surface area contributed by atoms with Crippen molar-refractivity contribution in [1.29, 1.82) is 0 Å². The first-order chi connectivity index (χ1) is 12.5. The molecule has 5 nitrogen and oxygen atoms in total. The molecule has 3 rings (SSSR count). The zero-order valence-electron chi connectivity index (χ0n) is 16.6. The first kappa shape index (κ1) is 19.0. The third-order valence-corrected chi connectivity index (χ3v) is 6.14. The molecular formula is C21H34N4O. The Morgan fingerprint density at radius 1 is 1.19 bits per heavy atom. The molecule has 2 heterocycles. The van der Waals surface area contributed by atoms with E-state index in [0.29, 0.717) is 12.6 Å². The summed E-state index contributed by atoms with van der Waals surface area (Å²) in [6.07, 6.45) is 9.14. The summed E-state index contributed by atoms with van der Waals surface area (Å²) >= 11 is 0. The fourth-order valence-corrected chi connectivity index (χ4v) is 4.17. The highest BCUT2D eigenvalue weighted by atomic mass is 16.2. The zero-order chi connectivity index (χ0) is 18.5. The van der Waals surface area contributed by atoms with E-state index in [9.17, 15) is 4.79 Å². The Morgan fingerprint density at radius 2 is 1.96 bits per heavy atom. The second kappa shape index (κ2) is 8.74. The van der Waals surface area contributed by atoms with E-state index in [4.69, 9.17) is 0 Å². The van der Waals surface area contributed by atoms with E-state index < -0.39 is 0 Å². The number of carbonyl (C=O) groups excluding carboxylic acids is 1. The molecule has 1 saturated carbocycles. The number of piperidine rings is 1. The molecule has 0 aromatic carbocycles. The van der Waals surface area contributed by atoms with E-state index in [1.807, 2.05) is 18.1 Å². The van der Waals surface area contributed by atoms with Crippen LogP contribution in [0.25, 0.3) is 0 Å². The van der Waals surface area contributed by atoms with Crippen molar-refractivity contribution in [2.24, 2.45) is 11.8 Å². The summed E-state index contributed by atoms with van der Waals surface area (Å²) < 4.78 is 0. The van der Waals surface area contributed by atoms with Gasteiger partial charge in [-0.2, -0.15) is 0 Å². The summed E-state index contributed by atoms with van der Waals surface area (Å²) in [5, 5.41) is 3.05. The van der Waals surface area contributed by atoms with Crippen molar-refractivity contribution >= 4 is 11.8 Å². The maximum absolute atomic E-state index is 12.5. The Labute approximate surface area is 158 Å². The van der Waals surface area contributed by atoms with E-state index in [1.165, 1.54) is 25.7 Å². The summed E-state index contributed by atoms with van der Waals surface area (Å²) in [5.74, 6) is 2.60. The minimum absolute atomic E-state index is 0.0261. The van der Waals surface area contributed by atoms with Gasteiger partial charge in [0, 0.05) is 38.9 Å². The molecule has 2 unspecified atom stereocenters. The molecule has 0 bridgehead atoms. The normalized spacial score (nSPS) is 24.3. The highest BCUT2D eigenvalue weighted by Crippen LogP contribution is 2.26. The Hall–Kier alpha value is -1.78. The van der Waals surface area contributed by atoms with E-state index in [1.54, 1.807) is 0 Å². The van der Waals surface area contributed by atoms with Crippen LogP contribution < -0.4 is 10.2 Å². The number of hydrogen-bond acceptors (Lipinski definition) is 3. The number of urea groups is 1. The summed E-state index contributed by atoms with van der Waals surface area (Å²) in [6, 6.07) is 4.58. The molecule has 1 saturated heterocycles. The molecule has 2 aliphatic rings. The van der Waals surface area contributed by atoms with Gasteiger partial charge in [-0.25, -0.2) is 9.78 Å². The van der Waals surface area contributed by atoms with Crippen molar-refractivity contribution in [3.05, 3.63) is 23.9 Å². The van der Waals surface area contributed by atoms with Gasteiger partial charge in [-0.05, 0) is 49.1 Å². The van der Waals surface area contributed by atoms with Gasteiger partial charge in [0.05, 0.1) is 0 Å². The average Bonchev–Trinajstić information content (AvgIpc) is 2.66. The molecule has 0 radical (unpaired) electrons. The highest BCUT2D eigenvalue weighted by Gasteiger charge is 2.25. The van der Waals surface area contributed by atoms with Crippen LogP contribution in [0.3, 0.4) is 0 Å². The lowest BCUT2D eigenvalue weighted by Gasteiger charge is -2.34. The van der Waals surface area contributed by atoms with Crippen molar-refractivity contribution in [3.63, 3.8) is 0 Å². The molecule has 144 valence electrons. The SMILES string of the molecule is CC1CCN(c2ccc(CNC(=O)N(C)C3CCCC(C)C3)cn2)CC1. The van der Waals surface area contributed by atoms with Gasteiger partial charge in [-0.3, -0.25) is 0 Å². The Morgan fingerprint density at radius 3 is 2.62 bits per heavy atom. The lowest BCUT2D eigenvalue weighted by Crippen LogP contribution is -2.45. The lowest BCUT2D eigenvalue weighted by atomic mass is 9.86. The summed E-state index contributed by atoms with van der Waals surface area (Å²) in [6.45, 7) is 7.33. The molecule has 1 N–H and O–H groups in total. The number of hydrogen-bond donors (Lipinski definition) is 1. The predicted octanol–water partition coefficient (Wildman–Crippen LogP) is 4.04. The van der Waals surface area contributed by atoms with Crippen LogP contribution in [-0.4, -0.2) is 42.1 Å². The average molecular weight is 359 g/mol. The van der Waals surface area contributed by atoms with Gasteiger partial charge in [-0.15, -0.1) is 0 Å². The Kier molecular flexibility index (Phi) is 6.38. The first-order valence-corrected chi connectivity index (χ1v) is 10.2. The number of aromatic nitrogens is 1. The maximum atomic E-state index is 12.5. The Balaban J connectivity index is 1.47. The van der Waals surface area contributed by atoms with E-state index >= 15 is 0 Å². The van der Waals surface area contributed by atoms with Gasteiger partial charge < -0.3 is 15.1 Å². The predicted molar refractivity (Wildman–Crippen MR) is 106 cm³/mol. The van der Waals surface area contributed by atoms with Gasteiger partial charge in [0.25, 0.3) is 0 Å². The number of rotatable bonds is 4. The fourth-order valence-electron chi connectivity index (χ4n) is 4.17. The second-order valence-corrected chi connectivity index (χ2v) is 8.39. The second-order valence-electron chi connectivity index (χ2n) is 8.39. The fraction of sp³-hybridized carbons (Fsp3) is 0.714. The van der Waals surface area contributed by atoms with Crippen molar-refractivity contribution < 1.29 is 4.79 Å². The van der Waals surface area contributed by atoms with Gasteiger partial charge in [0.1, 0.15) is 5.82 Å². The Bertz CT molecular complexity index is 580. The highest BCUT2D eigenvalue weighted by molar-refractivity contribution is 5.74. The van der Waals surface area contributed by atoms with Crippen LogP contribution in [0, 0.1) is 11.8 Å². The number of anilines is 1. The molecule has 2 atom stereocenters. The van der Waals surface area contributed by atoms with Crippen LogP contribution in [0.4, 0.5) is 10.6 Å². The van der Waals surface area contributed by atoms with Crippen LogP contribution in [0.2, 0.25) is 0 Å². The summed E-state index contributed by atoms with van der Waals surface area (Å²) in [7, 11) is 1.93. The van der Waals surface area contributed by atoms with Crippen molar-refractivity contribution in [2.75, 3.05) is 25.0 Å². The van der Waals surface area contributed by atoms with E-state index in [0.717, 1.165) is 49.1 Å². The van der Waals surface area contributed by atoms with Gasteiger partial charge >= 0.3 is 6.03 Å². The maximum Gasteiger partial charge on any atom is 0.317 e.